The Balaban J connectivity index is 1.44. The molecule has 0 radical (unpaired) electrons. The zero-order valence-corrected chi connectivity index (χ0v) is 16.3. The minimum Gasteiger partial charge on any atom is -0.457 e. The van der Waals surface area contributed by atoms with E-state index < -0.39 is 24.4 Å². The van der Waals surface area contributed by atoms with E-state index >= 15 is 0 Å². The summed E-state index contributed by atoms with van der Waals surface area (Å²) in [7, 11) is 0. The number of urea groups is 1. The third-order valence-electron chi connectivity index (χ3n) is 4.36. The van der Waals surface area contributed by atoms with Gasteiger partial charge in [-0.15, -0.1) is 0 Å². The van der Waals surface area contributed by atoms with E-state index in [-0.39, 0.29) is 5.70 Å². The third-order valence-corrected chi connectivity index (χ3v) is 4.62. The van der Waals surface area contributed by atoms with Gasteiger partial charge >= 0.3 is 6.03 Å². The molecule has 2 N–H and O–H groups in total. The van der Waals surface area contributed by atoms with Gasteiger partial charge in [-0.1, -0.05) is 41.9 Å². The second-order valence-corrected chi connectivity index (χ2v) is 6.94. The zero-order valence-electron chi connectivity index (χ0n) is 15.6. The van der Waals surface area contributed by atoms with Crippen molar-refractivity contribution in [3.63, 3.8) is 0 Å². The van der Waals surface area contributed by atoms with Gasteiger partial charge in [-0.05, 0) is 36.4 Å². The molecule has 1 aliphatic heterocycles. The summed E-state index contributed by atoms with van der Waals surface area (Å²) in [5, 5.41) is 5.62. The molecule has 0 bridgehead atoms. The molecule has 30 heavy (non-hydrogen) atoms. The van der Waals surface area contributed by atoms with Crippen molar-refractivity contribution in [1.82, 2.24) is 10.2 Å². The molecule has 0 atom stereocenters. The monoisotopic (exact) mass is 421 g/mol. The summed E-state index contributed by atoms with van der Waals surface area (Å²) in [6.45, 7) is -0.419. The Morgan fingerprint density at radius 1 is 1.03 bits per heavy atom. The molecule has 1 aliphatic rings. The van der Waals surface area contributed by atoms with E-state index in [0.717, 1.165) is 10.5 Å². The van der Waals surface area contributed by atoms with E-state index in [4.69, 9.17) is 16.0 Å². The Morgan fingerprint density at radius 3 is 2.50 bits per heavy atom. The van der Waals surface area contributed by atoms with Crippen LogP contribution in [0.25, 0.3) is 17.4 Å². The van der Waals surface area contributed by atoms with Crippen LogP contribution in [0.3, 0.4) is 0 Å². The molecule has 3 aromatic rings. The number of imide groups is 1. The highest BCUT2D eigenvalue weighted by molar-refractivity contribution is 6.30. The Morgan fingerprint density at radius 2 is 1.77 bits per heavy atom. The van der Waals surface area contributed by atoms with Gasteiger partial charge in [0.15, 0.2) is 0 Å². The van der Waals surface area contributed by atoms with Crippen molar-refractivity contribution in [1.29, 1.82) is 0 Å². The average Bonchev–Trinajstić information content (AvgIpc) is 3.31. The molecule has 7 nitrogen and oxygen atoms in total. The number of nitrogens with zero attached hydrogens (tertiary/aromatic N) is 1. The number of amides is 4. The third kappa shape index (κ3) is 4.26. The lowest BCUT2D eigenvalue weighted by atomic mass is 10.2. The molecule has 0 saturated carbocycles. The SMILES string of the molecule is O=C(CN1C(=O)NC(=Cc2ccc(-c3ccccc3)o2)C1=O)Nc1ccc(Cl)cc1. The lowest BCUT2D eigenvalue weighted by Crippen LogP contribution is -2.38. The number of carbonyl (C=O) groups excluding carboxylic acids is 3. The summed E-state index contributed by atoms with van der Waals surface area (Å²) < 4.78 is 5.73. The summed E-state index contributed by atoms with van der Waals surface area (Å²) in [6.07, 6.45) is 1.43. The number of benzene rings is 2. The molecule has 4 amide bonds. The molecule has 0 unspecified atom stereocenters. The summed E-state index contributed by atoms with van der Waals surface area (Å²) in [5.41, 5.74) is 1.44. The summed E-state index contributed by atoms with van der Waals surface area (Å²) >= 11 is 5.81. The van der Waals surface area contributed by atoms with E-state index in [1.165, 1.54) is 6.08 Å². The Hall–Kier alpha value is -3.84. The van der Waals surface area contributed by atoms with Gasteiger partial charge in [0.1, 0.15) is 23.8 Å². The van der Waals surface area contributed by atoms with E-state index in [0.29, 0.717) is 22.2 Å². The molecule has 8 heteroatoms. The fourth-order valence-corrected chi connectivity index (χ4v) is 3.05. The molecule has 0 spiro atoms. The second-order valence-electron chi connectivity index (χ2n) is 6.50. The topological polar surface area (TPSA) is 91.7 Å². The quantitative estimate of drug-likeness (QED) is 0.478. The van der Waals surface area contributed by atoms with Crippen LogP contribution < -0.4 is 10.6 Å². The number of nitrogens with one attached hydrogen (secondary N) is 2. The van der Waals surface area contributed by atoms with Crippen LogP contribution in [0.4, 0.5) is 10.5 Å². The first-order chi connectivity index (χ1) is 14.5. The minimum absolute atomic E-state index is 0.0354. The number of hydrogen-bond donors (Lipinski definition) is 2. The van der Waals surface area contributed by atoms with Gasteiger partial charge in [0, 0.05) is 22.3 Å². The van der Waals surface area contributed by atoms with E-state index in [1.807, 2.05) is 30.3 Å². The van der Waals surface area contributed by atoms with Gasteiger partial charge in [-0.3, -0.25) is 9.59 Å². The summed E-state index contributed by atoms with van der Waals surface area (Å²) in [4.78, 5) is 37.8. The van der Waals surface area contributed by atoms with Crippen LogP contribution in [0.5, 0.6) is 0 Å². The van der Waals surface area contributed by atoms with Gasteiger partial charge in [-0.2, -0.15) is 0 Å². The predicted octanol–water partition coefficient (Wildman–Crippen LogP) is 4.13. The van der Waals surface area contributed by atoms with Gasteiger partial charge in [0.05, 0.1) is 0 Å². The molecular weight excluding hydrogens is 406 g/mol. The average molecular weight is 422 g/mol. The Bertz CT molecular complexity index is 1140. The number of rotatable bonds is 5. The van der Waals surface area contributed by atoms with Gasteiger partial charge in [0.25, 0.3) is 5.91 Å². The number of halogens is 1. The smallest absolute Gasteiger partial charge is 0.329 e. The summed E-state index contributed by atoms with van der Waals surface area (Å²) in [5.74, 6) is -0.0706. The first-order valence-electron chi connectivity index (χ1n) is 9.05. The largest absolute Gasteiger partial charge is 0.457 e. The Labute approximate surface area is 176 Å². The van der Waals surface area contributed by atoms with Crippen molar-refractivity contribution in [3.05, 3.63) is 83.2 Å². The van der Waals surface area contributed by atoms with Crippen LogP contribution in [0.2, 0.25) is 5.02 Å². The number of carbonyl (C=O) groups is 3. The van der Waals surface area contributed by atoms with E-state index in [9.17, 15) is 14.4 Å². The zero-order chi connectivity index (χ0) is 21.1. The normalized spacial score (nSPS) is 14.8. The van der Waals surface area contributed by atoms with Crippen molar-refractivity contribution in [2.75, 3.05) is 11.9 Å². The van der Waals surface area contributed by atoms with Gasteiger partial charge in [0.2, 0.25) is 5.91 Å². The molecule has 2 heterocycles. The molecular formula is C22H16ClN3O4. The van der Waals surface area contributed by atoms with Crippen molar-refractivity contribution in [2.24, 2.45) is 0 Å². The van der Waals surface area contributed by atoms with Crippen LogP contribution in [0.15, 0.2) is 76.8 Å². The molecule has 0 aliphatic carbocycles. The fraction of sp³-hybridized carbons (Fsp3) is 0.0455. The van der Waals surface area contributed by atoms with Crippen LogP contribution in [-0.4, -0.2) is 29.3 Å². The fourth-order valence-electron chi connectivity index (χ4n) is 2.92. The minimum atomic E-state index is -0.674. The van der Waals surface area contributed by atoms with Crippen molar-refractivity contribution < 1.29 is 18.8 Å². The molecule has 1 fully saturated rings. The van der Waals surface area contributed by atoms with Crippen LogP contribution in [0, 0.1) is 0 Å². The number of anilines is 1. The van der Waals surface area contributed by atoms with Gasteiger partial charge in [-0.25, -0.2) is 9.69 Å². The maximum absolute atomic E-state index is 12.6. The van der Waals surface area contributed by atoms with Crippen LogP contribution in [0.1, 0.15) is 5.76 Å². The molecule has 150 valence electrons. The molecule has 1 saturated heterocycles. The number of furan rings is 1. The van der Waals surface area contributed by atoms with E-state index in [1.54, 1.807) is 36.4 Å². The van der Waals surface area contributed by atoms with E-state index in [2.05, 4.69) is 10.6 Å². The lowest BCUT2D eigenvalue weighted by Gasteiger charge is -2.11. The van der Waals surface area contributed by atoms with Crippen molar-refractivity contribution >= 4 is 41.2 Å². The first-order valence-corrected chi connectivity index (χ1v) is 9.42. The highest BCUT2D eigenvalue weighted by Crippen LogP contribution is 2.24. The standard InChI is InChI=1S/C22H16ClN3O4/c23-15-6-8-16(9-7-15)24-20(27)13-26-21(28)18(25-22(26)29)12-17-10-11-19(30-17)14-4-2-1-3-5-14/h1-12H,13H2,(H,24,27)(H,25,29). The second kappa shape index (κ2) is 8.26. The molecule has 1 aromatic heterocycles. The maximum Gasteiger partial charge on any atom is 0.329 e. The highest BCUT2D eigenvalue weighted by atomic mass is 35.5. The predicted molar refractivity (Wildman–Crippen MR) is 112 cm³/mol. The highest BCUT2D eigenvalue weighted by Gasteiger charge is 2.35. The first kappa shape index (κ1) is 19.5. The summed E-state index contributed by atoms with van der Waals surface area (Å²) in [6, 6.07) is 18.8. The van der Waals surface area contributed by atoms with Crippen molar-refractivity contribution in [3.8, 4) is 11.3 Å². The van der Waals surface area contributed by atoms with Gasteiger partial charge < -0.3 is 15.1 Å². The molecule has 2 aromatic carbocycles. The van der Waals surface area contributed by atoms with Crippen molar-refractivity contribution in [2.45, 2.75) is 0 Å². The maximum atomic E-state index is 12.6. The van der Waals surface area contributed by atoms with Crippen LogP contribution in [-0.2, 0) is 9.59 Å². The van der Waals surface area contributed by atoms with Crippen LogP contribution >= 0.6 is 11.6 Å². The molecule has 4 rings (SSSR count). The Kier molecular flexibility index (Phi) is 5.36. The lowest BCUT2D eigenvalue weighted by molar-refractivity contribution is -0.127. The number of hydrogen-bond acceptors (Lipinski definition) is 4.